The Morgan fingerprint density at radius 3 is 2.40 bits per heavy atom. The molecule has 1 saturated heterocycles. The highest BCUT2D eigenvalue weighted by Gasteiger charge is 2.46. The molecule has 0 radical (unpaired) electrons. The Labute approximate surface area is 94.6 Å². The lowest BCUT2D eigenvalue weighted by molar-refractivity contribution is -0.0697. The number of nitrogens with zero attached hydrogens (tertiary/aromatic N) is 2. The zero-order valence-electron chi connectivity index (χ0n) is 10.6. The maximum Gasteiger partial charge on any atom is 0.0339 e. The Bertz CT molecular complexity index is 209. The summed E-state index contributed by atoms with van der Waals surface area (Å²) in [6.07, 6.45) is 5.62. The van der Waals surface area contributed by atoms with Crippen molar-refractivity contribution in [3.8, 4) is 0 Å². The molecule has 1 aliphatic heterocycles. The molecule has 0 unspecified atom stereocenters. The van der Waals surface area contributed by atoms with E-state index in [4.69, 9.17) is 0 Å². The molecule has 0 aromatic rings. The molecule has 0 aromatic heterocycles. The first-order chi connectivity index (χ1) is 7.18. The fourth-order valence-electron chi connectivity index (χ4n) is 3.42. The van der Waals surface area contributed by atoms with Crippen molar-refractivity contribution >= 4 is 0 Å². The van der Waals surface area contributed by atoms with Crippen molar-refractivity contribution in [1.82, 2.24) is 9.80 Å². The lowest BCUT2D eigenvalue weighted by atomic mass is 9.73. The van der Waals surface area contributed by atoms with Crippen molar-refractivity contribution in [3.05, 3.63) is 0 Å². The van der Waals surface area contributed by atoms with E-state index < -0.39 is 0 Å². The molecule has 0 atom stereocenters. The van der Waals surface area contributed by atoms with Crippen LogP contribution in [0.5, 0.6) is 0 Å². The second-order valence-corrected chi connectivity index (χ2v) is 5.64. The van der Waals surface area contributed by atoms with E-state index in [2.05, 4.69) is 30.6 Å². The van der Waals surface area contributed by atoms with Crippen molar-refractivity contribution in [2.24, 2.45) is 0 Å². The van der Waals surface area contributed by atoms with Crippen molar-refractivity contribution in [2.45, 2.75) is 58.0 Å². The normalized spacial score (nSPS) is 27.2. The van der Waals surface area contributed by atoms with Crippen LogP contribution >= 0.6 is 0 Å². The van der Waals surface area contributed by atoms with Gasteiger partial charge in [0.1, 0.15) is 0 Å². The van der Waals surface area contributed by atoms with Gasteiger partial charge < -0.3 is 4.90 Å². The second-order valence-electron chi connectivity index (χ2n) is 5.64. The molecule has 2 aliphatic rings. The lowest BCUT2D eigenvalue weighted by Gasteiger charge is -2.57. The molecule has 0 bridgehead atoms. The first kappa shape index (κ1) is 11.4. The van der Waals surface area contributed by atoms with Crippen molar-refractivity contribution < 1.29 is 0 Å². The minimum atomic E-state index is 0.571. The molecule has 1 saturated carbocycles. The zero-order chi connectivity index (χ0) is 10.9. The Kier molecular flexibility index (Phi) is 3.36. The zero-order valence-corrected chi connectivity index (χ0v) is 10.6. The van der Waals surface area contributed by atoms with Crippen LogP contribution in [0.1, 0.15) is 46.5 Å². The molecule has 0 N–H and O–H groups in total. The maximum atomic E-state index is 2.77. The van der Waals surface area contributed by atoms with Gasteiger partial charge in [0.15, 0.2) is 0 Å². The van der Waals surface area contributed by atoms with Gasteiger partial charge in [-0.3, -0.25) is 4.90 Å². The van der Waals surface area contributed by atoms with Crippen LogP contribution in [0, 0.1) is 0 Å². The predicted molar refractivity (Wildman–Crippen MR) is 65.2 cm³/mol. The quantitative estimate of drug-likeness (QED) is 0.705. The van der Waals surface area contributed by atoms with Crippen LogP contribution in [0.4, 0.5) is 0 Å². The lowest BCUT2D eigenvalue weighted by Crippen LogP contribution is -2.67. The molecule has 0 amide bonds. The monoisotopic (exact) mass is 210 g/mol. The van der Waals surface area contributed by atoms with E-state index in [1.54, 1.807) is 0 Å². The number of hydrogen-bond donors (Lipinski definition) is 0. The highest BCUT2D eigenvalue weighted by Crippen LogP contribution is 2.41. The van der Waals surface area contributed by atoms with Crippen molar-refractivity contribution in [3.63, 3.8) is 0 Å². The third-order valence-electron chi connectivity index (χ3n) is 4.23. The first-order valence-electron chi connectivity index (χ1n) is 6.67. The Morgan fingerprint density at radius 1 is 1.20 bits per heavy atom. The van der Waals surface area contributed by atoms with Crippen LogP contribution in [0.25, 0.3) is 0 Å². The van der Waals surface area contributed by atoms with Crippen molar-refractivity contribution in [2.75, 3.05) is 26.2 Å². The maximum absolute atomic E-state index is 2.77. The summed E-state index contributed by atoms with van der Waals surface area (Å²) in [5.41, 5.74) is 0.571. The topological polar surface area (TPSA) is 6.48 Å². The van der Waals surface area contributed by atoms with Crippen LogP contribution < -0.4 is 0 Å². The van der Waals surface area contributed by atoms with E-state index in [-0.39, 0.29) is 0 Å². The van der Waals surface area contributed by atoms with Gasteiger partial charge in [-0.15, -0.1) is 0 Å². The van der Waals surface area contributed by atoms with Gasteiger partial charge in [0.05, 0.1) is 0 Å². The van der Waals surface area contributed by atoms with Crippen LogP contribution in [0.3, 0.4) is 0 Å². The minimum absolute atomic E-state index is 0.571. The first-order valence-corrected chi connectivity index (χ1v) is 6.67. The molecule has 88 valence electrons. The van der Waals surface area contributed by atoms with Gasteiger partial charge in [-0.2, -0.15) is 0 Å². The van der Waals surface area contributed by atoms with Gasteiger partial charge in [-0.1, -0.05) is 6.92 Å². The molecule has 2 rings (SSSR count). The summed E-state index contributed by atoms with van der Waals surface area (Å²) < 4.78 is 0. The van der Waals surface area contributed by atoms with Gasteiger partial charge in [0.25, 0.3) is 0 Å². The fraction of sp³-hybridized carbons (Fsp3) is 1.00. The Morgan fingerprint density at radius 2 is 1.93 bits per heavy atom. The predicted octanol–water partition coefficient (Wildman–Crippen LogP) is 2.35. The molecule has 15 heavy (non-hydrogen) atoms. The molecule has 2 heteroatoms. The number of rotatable bonds is 3. The van der Waals surface area contributed by atoms with Crippen molar-refractivity contribution in [1.29, 1.82) is 0 Å². The minimum Gasteiger partial charge on any atom is -0.300 e. The van der Waals surface area contributed by atoms with Crippen LogP contribution in [0.2, 0.25) is 0 Å². The molecule has 2 nitrogen and oxygen atoms in total. The van der Waals surface area contributed by atoms with E-state index in [0.29, 0.717) is 5.54 Å². The summed E-state index contributed by atoms with van der Waals surface area (Å²) in [6.45, 7) is 12.2. The van der Waals surface area contributed by atoms with E-state index >= 15 is 0 Å². The smallest absolute Gasteiger partial charge is 0.0339 e. The SMILES string of the molecule is CCCN1CCN(C(C)C)C2(CCC2)C1. The molecule has 0 aromatic carbocycles. The highest BCUT2D eigenvalue weighted by atomic mass is 15.3. The second kappa shape index (κ2) is 4.42. The number of hydrogen-bond acceptors (Lipinski definition) is 2. The van der Waals surface area contributed by atoms with E-state index in [0.717, 1.165) is 6.04 Å². The summed E-state index contributed by atoms with van der Waals surface area (Å²) in [7, 11) is 0. The van der Waals surface area contributed by atoms with Crippen LogP contribution in [0.15, 0.2) is 0 Å². The largest absolute Gasteiger partial charge is 0.300 e. The van der Waals surface area contributed by atoms with Gasteiger partial charge in [-0.25, -0.2) is 0 Å². The van der Waals surface area contributed by atoms with Crippen LogP contribution in [-0.4, -0.2) is 47.6 Å². The van der Waals surface area contributed by atoms with Crippen LogP contribution in [-0.2, 0) is 0 Å². The van der Waals surface area contributed by atoms with Gasteiger partial charge in [0, 0.05) is 31.2 Å². The highest BCUT2D eigenvalue weighted by molar-refractivity contribution is 5.03. The van der Waals surface area contributed by atoms with Gasteiger partial charge in [-0.05, 0) is 46.1 Å². The average Bonchev–Trinajstić information content (AvgIpc) is 2.15. The molecule has 1 spiro atoms. The third kappa shape index (κ3) is 2.07. The van der Waals surface area contributed by atoms with Gasteiger partial charge >= 0.3 is 0 Å². The molecule has 2 fully saturated rings. The molecular formula is C13H26N2. The van der Waals surface area contributed by atoms with E-state index in [9.17, 15) is 0 Å². The average molecular weight is 210 g/mol. The summed E-state index contributed by atoms with van der Waals surface area (Å²) >= 11 is 0. The van der Waals surface area contributed by atoms with Gasteiger partial charge in [0.2, 0.25) is 0 Å². The Hall–Kier alpha value is -0.0800. The standard InChI is InChI=1S/C13H26N2/c1-4-8-14-9-10-15(12(2)3)13(11-14)6-5-7-13/h12H,4-11H2,1-3H3. The molecule has 1 heterocycles. The molecule has 1 aliphatic carbocycles. The third-order valence-corrected chi connectivity index (χ3v) is 4.23. The van der Waals surface area contributed by atoms with E-state index in [1.807, 2.05) is 0 Å². The van der Waals surface area contributed by atoms with E-state index in [1.165, 1.54) is 51.9 Å². The fourth-order valence-corrected chi connectivity index (χ4v) is 3.42. The summed E-state index contributed by atoms with van der Waals surface area (Å²) in [6, 6.07) is 0.731. The summed E-state index contributed by atoms with van der Waals surface area (Å²) in [5, 5.41) is 0. The Balaban J connectivity index is 2.00. The number of piperazine rings is 1. The summed E-state index contributed by atoms with van der Waals surface area (Å²) in [4.78, 5) is 5.45. The summed E-state index contributed by atoms with van der Waals surface area (Å²) in [5.74, 6) is 0. The molecular weight excluding hydrogens is 184 g/mol.